The highest BCUT2D eigenvalue weighted by molar-refractivity contribution is 6.06. The van der Waals surface area contributed by atoms with Crippen LogP contribution in [0.5, 0.6) is 17.2 Å². The molecule has 1 amide bonds. The summed E-state index contributed by atoms with van der Waals surface area (Å²) in [5.74, 6) is 2.69. The van der Waals surface area contributed by atoms with Crippen molar-refractivity contribution in [3.8, 4) is 28.6 Å². The number of methoxy groups -OCH3 is 3. The lowest BCUT2D eigenvalue weighted by atomic mass is 9.95. The minimum atomic E-state index is -0.521. The Balaban J connectivity index is 1.59. The lowest BCUT2D eigenvalue weighted by molar-refractivity contribution is -0.113. The average molecular weight is 498 g/mol. The van der Waals surface area contributed by atoms with Gasteiger partial charge in [0.1, 0.15) is 11.8 Å². The van der Waals surface area contributed by atoms with Crippen LogP contribution < -0.4 is 24.8 Å². The van der Waals surface area contributed by atoms with Gasteiger partial charge >= 0.3 is 0 Å². The Morgan fingerprint density at radius 3 is 2.32 bits per heavy atom. The van der Waals surface area contributed by atoms with Crippen LogP contribution in [0.3, 0.4) is 0 Å². The van der Waals surface area contributed by atoms with Gasteiger partial charge in [0.15, 0.2) is 17.3 Å². The summed E-state index contributed by atoms with van der Waals surface area (Å²) in [7, 11) is 4.79. The molecule has 1 aromatic heterocycles. The fourth-order valence-corrected chi connectivity index (χ4v) is 4.36. The van der Waals surface area contributed by atoms with Crippen molar-refractivity contribution in [2.45, 2.75) is 13.0 Å². The van der Waals surface area contributed by atoms with Crippen molar-refractivity contribution in [3.05, 3.63) is 89.6 Å². The molecular formula is C28H27N5O4. The van der Waals surface area contributed by atoms with E-state index in [1.165, 1.54) is 0 Å². The molecule has 188 valence electrons. The zero-order valence-corrected chi connectivity index (χ0v) is 21.0. The van der Waals surface area contributed by atoms with Crippen LogP contribution in [0.4, 0.5) is 11.6 Å². The van der Waals surface area contributed by atoms with Crippen molar-refractivity contribution in [3.63, 3.8) is 0 Å². The summed E-state index contributed by atoms with van der Waals surface area (Å²) in [6, 6.07) is 21.9. The fraction of sp³-hybridized carbons (Fsp3) is 0.179. The van der Waals surface area contributed by atoms with Gasteiger partial charge in [0.05, 0.1) is 26.9 Å². The largest absolute Gasteiger partial charge is 0.497 e. The first-order valence-corrected chi connectivity index (χ1v) is 11.7. The van der Waals surface area contributed by atoms with Crippen LogP contribution in [0.2, 0.25) is 0 Å². The molecule has 0 radical (unpaired) electrons. The Hall–Kier alpha value is -4.79. The van der Waals surface area contributed by atoms with Gasteiger partial charge in [0.25, 0.3) is 5.91 Å². The van der Waals surface area contributed by atoms with Crippen LogP contribution in [0.25, 0.3) is 11.4 Å². The normalized spacial score (nSPS) is 14.4. The monoisotopic (exact) mass is 497 g/mol. The topological polar surface area (TPSA) is 99.5 Å². The third kappa shape index (κ3) is 4.58. The maximum atomic E-state index is 13.6. The number of aromatic nitrogens is 3. The number of ether oxygens (including phenoxy) is 3. The summed E-state index contributed by atoms with van der Waals surface area (Å²) in [6.45, 7) is 1.87. The Bertz CT molecular complexity index is 1460. The van der Waals surface area contributed by atoms with E-state index < -0.39 is 6.04 Å². The number of nitrogens with one attached hydrogen (secondary N) is 2. The molecule has 0 bridgehead atoms. The quantitative estimate of drug-likeness (QED) is 0.375. The molecule has 0 spiro atoms. The molecule has 37 heavy (non-hydrogen) atoms. The second-order valence-corrected chi connectivity index (χ2v) is 8.43. The second-order valence-electron chi connectivity index (χ2n) is 8.43. The van der Waals surface area contributed by atoms with Crippen molar-refractivity contribution in [2.24, 2.45) is 0 Å². The highest BCUT2D eigenvalue weighted by atomic mass is 16.5. The Labute approximate surface area is 214 Å². The highest BCUT2D eigenvalue weighted by Crippen LogP contribution is 2.38. The third-order valence-electron chi connectivity index (χ3n) is 6.20. The molecule has 0 saturated carbocycles. The maximum absolute atomic E-state index is 13.6. The molecular weight excluding hydrogens is 470 g/mol. The predicted octanol–water partition coefficient (Wildman–Crippen LogP) is 4.90. The van der Waals surface area contributed by atoms with Crippen molar-refractivity contribution >= 4 is 17.5 Å². The minimum absolute atomic E-state index is 0.231. The molecule has 4 aromatic rings. The Morgan fingerprint density at radius 1 is 0.919 bits per heavy atom. The van der Waals surface area contributed by atoms with Crippen molar-refractivity contribution < 1.29 is 19.0 Å². The first-order valence-electron chi connectivity index (χ1n) is 11.7. The third-order valence-corrected chi connectivity index (χ3v) is 6.20. The van der Waals surface area contributed by atoms with Gasteiger partial charge in [-0.15, -0.1) is 5.10 Å². The molecule has 1 aliphatic heterocycles. The number of hydrogen-bond acceptors (Lipinski definition) is 7. The summed E-state index contributed by atoms with van der Waals surface area (Å²) in [6.07, 6.45) is 0. The number of carbonyl (C=O) groups excluding carboxylic acids is 1. The van der Waals surface area contributed by atoms with Gasteiger partial charge in [-0.1, -0.05) is 30.3 Å². The van der Waals surface area contributed by atoms with Crippen molar-refractivity contribution in [1.29, 1.82) is 0 Å². The van der Waals surface area contributed by atoms with E-state index in [-0.39, 0.29) is 5.91 Å². The number of benzene rings is 3. The van der Waals surface area contributed by atoms with E-state index in [9.17, 15) is 4.79 Å². The zero-order chi connectivity index (χ0) is 25.9. The van der Waals surface area contributed by atoms with E-state index in [0.29, 0.717) is 40.2 Å². The maximum Gasteiger partial charge on any atom is 0.255 e. The summed E-state index contributed by atoms with van der Waals surface area (Å²) >= 11 is 0. The molecule has 2 heterocycles. The van der Waals surface area contributed by atoms with Crippen LogP contribution in [0.15, 0.2) is 84.1 Å². The van der Waals surface area contributed by atoms with E-state index >= 15 is 0 Å². The lowest BCUT2D eigenvalue weighted by Gasteiger charge is -2.28. The molecule has 1 atom stereocenters. The standard InChI is InChI=1S/C28H27N5O4/c1-17-24(27(34)30-20-8-6-5-7-9-20)25(18-10-13-21(35-2)14-11-18)33-28(29-17)31-26(32-33)19-12-15-22(36-3)23(16-19)37-4/h5-16,25H,1-4H3,(H,30,34)(H,29,31,32). The zero-order valence-electron chi connectivity index (χ0n) is 21.0. The smallest absolute Gasteiger partial charge is 0.255 e. The molecule has 2 N–H and O–H groups in total. The number of allylic oxidation sites excluding steroid dienone is 1. The minimum Gasteiger partial charge on any atom is -0.497 e. The number of amides is 1. The van der Waals surface area contributed by atoms with Crippen LogP contribution in [-0.2, 0) is 4.79 Å². The molecule has 9 heteroatoms. The summed E-state index contributed by atoms with van der Waals surface area (Å²) in [5.41, 5.74) is 3.54. The second kappa shape index (κ2) is 10.1. The number of carbonyl (C=O) groups is 1. The molecule has 3 aromatic carbocycles. The number of anilines is 2. The first-order chi connectivity index (χ1) is 18.0. The molecule has 9 nitrogen and oxygen atoms in total. The number of fused-ring (bicyclic) bond motifs is 1. The molecule has 1 aliphatic rings. The van der Waals surface area contributed by atoms with Crippen LogP contribution in [0, 0.1) is 0 Å². The van der Waals surface area contributed by atoms with Gasteiger partial charge in [0.2, 0.25) is 5.95 Å². The van der Waals surface area contributed by atoms with Gasteiger partial charge in [-0.2, -0.15) is 4.98 Å². The number of para-hydroxylation sites is 1. The van der Waals surface area contributed by atoms with E-state index in [2.05, 4.69) is 10.6 Å². The van der Waals surface area contributed by atoms with Gasteiger partial charge in [0, 0.05) is 16.9 Å². The van der Waals surface area contributed by atoms with E-state index in [1.54, 1.807) is 26.0 Å². The van der Waals surface area contributed by atoms with Crippen LogP contribution in [-0.4, -0.2) is 42.0 Å². The summed E-state index contributed by atoms with van der Waals surface area (Å²) in [4.78, 5) is 18.3. The van der Waals surface area contributed by atoms with Gasteiger partial charge in [-0.3, -0.25) is 4.79 Å². The average Bonchev–Trinajstić information content (AvgIpc) is 3.36. The fourth-order valence-electron chi connectivity index (χ4n) is 4.36. The van der Waals surface area contributed by atoms with Crippen molar-refractivity contribution in [2.75, 3.05) is 32.0 Å². The van der Waals surface area contributed by atoms with E-state index in [1.807, 2.05) is 79.7 Å². The number of nitrogens with zero attached hydrogens (tertiary/aromatic N) is 3. The van der Waals surface area contributed by atoms with Gasteiger partial charge in [-0.05, 0) is 55.0 Å². The predicted molar refractivity (Wildman–Crippen MR) is 141 cm³/mol. The summed E-state index contributed by atoms with van der Waals surface area (Å²) in [5, 5.41) is 11.1. The van der Waals surface area contributed by atoms with E-state index in [0.717, 1.165) is 16.9 Å². The van der Waals surface area contributed by atoms with Gasteiger partial charge in [-0.25, -0.2) is 4.68 Å². The van der Waals surface area contributed by atoms with Gasteiger partial charge < -0.3 is 24.8 Å². The molecule has 0 fully saturated rings. The SMILES string of the molecule is COc1ccc(C2C(C(=O)Nc3ccccc3)=C(C)Nc3nc(-c4ccc(OC)c(OC)c4)nn32)cc1. The molecule has 1 unspecified atom stereocenters. The first kappa shape index (κ1) is 23.9. The Morgan fingerprint density at radius 2 is 1.65 bits per heavy atom. The number of rotatable bonds is 7. The lowest BCUT2D eigenvalue weighted by Crippen LogP contribution is -2.31. The highest BCUT2D eigenvalue weighted by Gasteiger charge is 2.34. The molecule has 5 rings (SSSR count). The van der Waals surface area contributed by atoms with E-state index in [4.69, 9.17) is 24.3 Å². The molecule has 0 aliphatic carbocycles. The van der Waals surface area contributed by atoms with Crippen molar-refractivity contribution in [1.82, 2.24) is 14.8 Å². The number of hydrogen-bond donors (Lipinski definition) is 2. The van der Waals surface area contributed by atoms with Crippen LogP contribution in [0.1, 0.15) is 18.5 Å². The molecule has 0 saturated heterocycles. The Kier molecular flexibility index (Phi) is 6.51. The van der Waals surface area contributed by atoms with Crippen LogP contribution >= 0.6 is 0 Å². The summed E-state index contributed by atoms with van der Waals surface area (Å²) < 4.78 is 17.9.